The molecule has 18 nitrogen and oxygen atoms in total. The second-order valence-electron chi connectivity index (χ2n) is 6.62. The number of barbiturate groups is 2. The molecule has 2 heterocycles. The van der Waals surface area contributed by atoms with Gasteiger partial charge in [0.1, 0.15) is 6.42 Å². The van der Waals surface area contributed by atoms with Crippen LogP contribution >= 0.6 is 0 Å². The van der Waals surface area contributed by atoms with Crippen molar-refractivity contribution in [2.45, 2.75) is 41.0 Å². The molecule has 0 aromatic carbocycles. The fourth-order valence-electron chi connectivity index (χ4n) is 2.37. The first kappa shape index (κ1) is 35.1. The highest BCUT2D eigenvalue weighted by molar-refractivity contribution is 7.79. The summed E-state index contributed by atoms with van der Waals surface area (Å²) in [4.78, 5) is 98.3. The molecule has 4 N–H and O–H groups in total. The fraction of sp³-hybridized carbons (Fsp3) is 0.500. The maximum Gasteiger partial charge on any atom is 0.394 e. The summed E-state index contributed by atoms with van der Waals surface area (Å²) in [6.45, 7) is 7.21. The maximum absolute atomic E-state index is 11.4. The van der Waals surface area contributed by atoms with E-state index in [1.165, 1.54) is 13.8 Å². The monoisotopic (exact) mass is 554 g/mol. The molecular weight excluding hydrogens is 528 g/mol. The van der Waals surface area contributed by atoms with Crippen molar-refractivity contribution in [2.75, 3.05) is 13.1 Å². The van der Waals surface area contributed by atoms with Crippen LogP contribution in [0.5, 0.6) is 0 Å². The maximum atomic E-state index is 11.4. The topological polar surface area (TPSA) is 268 Å². The molecule has 0 saturated carbocycles. The summed E-state index contributed by atoms with van der Waals surface area (Å²) in [5, 5.41) is 3.99. The fourth-order valence-corrected chi connectivity index (χ4v) is 2.37. The van der Waals surface area contributed by atoms with Gasteiger partial charge in [0.2, 0.25) is 17.7 Å². The van der Waals surface area contributed by atoms with Crippen LogP contribution in [0, 0.1) is 5.92 Å². The number of nitrogens with zero attached hydrogens (tertiary/aromatic N) is 2. The number of urea groups is 2. The highest BCUT2D eigenvalue weighted by Crippen LogP contribution is 2.11. The van der Waals surface area contributed by atoms with Crippen molar-refractivity contribution in [1.29, 1.82) is 0 Å². The van der Waals surface area contributed by atoms with Crippen molar-refractivity contribution in [3.63, 3.8) is 0 Å². The number of esters is 2. The third kappa shape index (κ3) is 14.8. The van der Waals surface area contributed by atoms with Gasteiger partial charge in [0.05, 0.1) is 0 Å². The minimum atomic E-state index is -4.67. The van der Waals surface area contributed by atoms with E-state index in [2.05, 4.69) is 4.74 Å². The minimum Gasteiger partial charge on any atom is -0.394 e. The highest BCUT2D eigenvalue weighted by Gasteiger charge is 2.42. The standard InChI is InChI=1S/C8H10N2O4.C6H8N2O3.C4H6O3.H2O4S/c1-3-10-7(13)5(4(2)11)6(12)9-8(10)14;1-2-8-5(10)3-4(9)7-6(8)11;1-3(5)7-4(2)6;1-5(2,3)4/h5H,3H2,1-2H3,(H,9,12,14);2-3H2,1H3,(H,7,9,11);1-2H3;(H2,1,2,3,4). The summed E-state index contributed by atoms with van der Waals surface area (Å²) in [6, 6.07) is -1.38. The van der Waals surface area contributed by atoms with Gasteiger partial charge in [-0.3, -0.25) is 63.1 Å². The molecule has 0 spiro atoms. The molecule has 2 aliphatic rings. The van der Waals surface area contributed by atoms with Crippen LogP contribution in [0.1, 0.15) is 41.0 Å². The van der Waals surface area contributed by atoms with Crippen LogP contribution in [0.25, 0.3) is 0 Å². The van der Waals surface area contributed by atoms with Crippen LogP contribution in [0.4, 0.5) is 9.59 Å². The Balaban J connectivity index is 0. The van der Waals surface area contributed by atoms with E-state index < -0.39 is 69.7 Å². The molecule has 2 aliphatic heterocycles. The van der Waals surface area contributed by atoms with E-state index >= 15 is 0 Å². The van der Waals surface area contributed by atoms with Gasteiger partial charge in [0.15, 0.2) is 11.7 Å². The van der Waals surface area contributed by atoms with Gasteiger partial charge < -0.3 is 4.74 Å². The number of ether oxygens (including phenoxy) is 1. The lowest BCUT2D eigenvalue weighted by atomic mass is 10.0. The molecule has 1 unspecified atom stereocenters. The smallest absolute Gasteiger partial charge is 0.394 e. The SMILES string of the molecule is CC(=O)OC(C)=O.CCN1C(=O)CC(=O)NC1=O.CCN1C(=O)NC(=O)C(C(C)=O)C1=O.O=S(=O)(O)O. The molecule has 2 saturated heterocycles. The average Bonchev–Trinajstić information content (AvgIpc) is 2.65. The summed E-state index contributed by atoms with van der Waals surface area (Å²) < 4.78 is 35.6. The third-order valence-corrected chi connectivity index (χ3v) is 3.68. The Bertz CT molecular complexity index is 1030. The lowest BCUT2D eigenvalue weighted by Gasteiger charge is -2.27. The van der Waals surface area contributed by atoms with Crippen molar-refractivity contribution in [1.82, 2.24) is 20.4 Å². The lowest BCUT2D eigenvalue weighted by molar-refractivity contribution is -0.156. The van der Waals surface area contributed by atoms with Gasteiger partial charge in [-0.15, -0.1) is 0 Å². The summed E-state index contributed by atoms with van der Waals surface area (Å²) in [5.74, 6) is -5.58. The number of carbonyl (C=O) groups excluding carboxylic acids is 9. The number of hydrogen-bond donors (Lipinski definition) is 4. The predicted octanol–water partition coefficient (Wildman–Crippen LogP) is -1.79. The van der Waals surface area contributed by atoms with Gasteiger partial charge in [0.25, 0.3) is 5.91 Å². The number of hydrogen-bond acceptors (Lipinski definition) is 12. The van der Waals surface area contributed by atoms with Crippen LogP contribution in [0.3, 0.4) is 0 Å². The van der Waals surface area contributed by atoms with Crippen LogP contribution in [-0.2, 0) is 48.7 Å². The Morgan fingerprint density at radius 3 is 1.57 bits per heavy atom. The molecule has 1 atom stereocenters. The molecule has 0 aliphatic carbocycles. The van der Waals surface area contributed by atoms with Crippen LogP contribution in [0.2, 0.25) is 0 Å². The molecule has 2 fully saturated rings. The number of rotatable bonds is 3. The number of carbonyl (C=O) groups is 9. The quantitative estimate of drug-likeness (QED) is 0.170. The molecule has 0 aromatic rings. The number of nitrogens with one attached hydrogen (secondary N) is 2. The Labute approximate surface area is 210 Å². The van der Waals surface area contributed by atoms with E-state index in [-0.39, 0.29) is 13.0 Å². The second-order valence-corrected chi connectivity index (χ2v) is 7.52. The van der Waals surface area contributed by atoms with E-state index in [1.807, 2.05) is 10.6 Å². The van der Waals surface area contributed by atoms with Crippen molar-refractivity contribution in [2.24, 2.45) is 5.92 Å². The second kappa shape index (κ2) is 15.8. The Kier molecular flexibility index (Phi) is 15.0. The van der Waals surface area contributed by atoms with E-state index in [4.69, 9.17) is 17.5 Å². The molecule has 0 bridgehead atoms. The highest BCUT2D eigenvalue weighted by atomic mass is 32.3. The van der Waals surface area contributed by atoms with Gasteiger partial charge in [-0.05, 0) is 20.8 Å². The largest absolute Gasteiger partial charge is 0.394 e. The normalized spacial score (nSPS) is 17.0. The molecule has 0 radical (unpaired) electrons. The van der Waals surface area contributed by atoms with E-state index in [0.29, 0.717) is 6.54 Å². The lowest BCUT2D eigenvalue weighted by Crippen LogP contribution is -2.59. The van der Waals surface area contributed by atoms with Crippen LogP contribution < -0.4 is 10.6 Å². The van der Waals surface area contributed by atoms with Gasteiger partial charge >= 0.3 is 34.4 Å². The van der Waals surface area contributed by atoms with Gasteiger partial charge in [0, 0.05) is 26.9 Å². The molecule has 208 valence electrons. The Morgan fingerprint density at radius 2 is 1.27 bits per heavy atom. The number of amides is 8. The molecule has 8 amide bonds. The molecule has 37 heavy (non-hydrogen) atoms. The van der Waals surface area contributed by atoms with Crippen molar-refractivity contribution in [3.05, 3.63) is 0 Å². The number of ketones is 1. The zero-order chi connectivity index (χ0) is 29.7. The van der Waals surface area contributed by atoms with Gasteiger partial charge in [-0.2, -0.15) is 8.42 Å². The zero-order valence-electron chi connectivity index (χ0n) is 20.3. The first-order chi connectivity index (χ1) is 16.8. The van der Waals surface area contributed by atoms with Crippen molar-refractivity contribution in [3.8, 4) is 0 Å². The van der Waals surface area contributed by atoms with E-state index in [1.54, 1.807) is 13.8 Å². The van der Waals surface area contributed by atoms with E-state index in [0.717, 1.165) is 16.7 Å². The Morgan fingerprint density at radius 1 is 0.865 bits per heavy atom. The summed E-state index contributed by atoms with van der Waals surface area (Å²) in [5.41, 5.74) is 0. The molecule has 2 rings (SSSR count). The zero-order valence-corrected chi connectivity index (χ0v) is 21.1. The van der Waals surface area contributed by atoms with Crippen molar-refractivity contribution < 1.29 is 65.4 Å². The summed E-state index contributed by atoms with van der Waals surface area (Å²) in [6.07, 6.45) is -0.223. The Hall–Kier alpha value is -4.10. The van der Waals surface area contributed by atoms with Gasteiger partial charge in [-0.25, -0.2) is 9.59 Å². The van der Waals surface area contributed by atoms with Gasteiger partial charge in [-0.1, -0.05) is 0 Å². The van der Waals surface area contributed by atoms with Crippen molar-refractivity contribution >= 4 is 63.8 Å². The minimum absolute atomic E-state index is 0.141. The molecule has 0 aromatic heterocycles. The molecular formula is C18H26N4O14S. The first-order valence-corrected chi connectivity index (χ1v) is 11.4. The summed E-state index contributed by atoms with van der Waals surface area (Å²) in [7, 11) is -4.67. The predicted molar refractivity (Wildman–Crippen MR) is 117 cm³/mol. The number of Topliss-reactive ketones (excluding diaryl/α,β-unsaturated/α-hetero) is 1. The van der Waals surface area contributed by atoms with Crippen LogP contribution in [-0.4, -0.2) is 93.8 Å². The first-order valence-electron chi connectivity index (χ1n) is 9.96. The molecule has 19 heteroatoms. The van der Waals surface area contributed by atoms with Crippen LogP contribution in [0.15, 0.2) is 0 Å². The third-order valence-electron chi connectivity index (χ3n) is 3.68. The number of imide groups is 4. The average molecular weight is 554 g/mol. The van der Waals surface area contributed by atoms with E-state index in [9.17, 15) is 43.2 Å². The summed E-state index contributed by atoms with van der Waals surface area (Å²) >= 11 is 0.